The minimum absolute atomic E-state index is 0.229. The zero-order chi connectivity index (χ0) is 20.0. The summed E-state index contributed by atoms with van der Waals surface area (Å²) in [5, 5.41) is 6.26. The number of aldehydes is 1. The molecule has 0 unspecified atom stereocenters. The van der Waals surface area contributed by atoms with Crippen molar-refractivity contribution in [2.24, 2.45) is 4.99 Å². The Kier molecular flexibility index (Phi) is 6.88. The summed E-state index contributed by atoms with van der Waals surface area (Å²) in [6, 6.07) is 9.22. The maximum atomic E-state index is 14.5. The average Bonchev–Trinajstić information content (AvgIpc) is 2.66. The highest BCUT2D eigenvalue weighted by Crippen LogP contribution is 2.26. The van der Waals surface area contributed by atoms with Crippen LogP contribution in [0.1, 0.15) is 40.9 Å². The third-order valence-corrected chi connectivity index (χ3v) is 4.50. The van der Waals surface area contributed by atoms with Gasteiger partial charge in [0.1, 0.15) is 12.1 Å². The molecule has 0 heterocycles. The lowest BCUT2D eigenvalue weighted by atomic mass is 10.0. The van der Waals surface area contributed by atoms with Gasteiger partial charge in [-0.15, -0.1) is 0 Å². The summed E-state index contributed by atoms with van der Waals surface area (Å²) >= 11 is 0. The number of carbonyl (C=O) groups is 1. The second kappa shape index (κ2) is 9.12. The molecule has 0 aliphatic rings. The van der Waals surface area contributed by atoms with E-state index in [2.05, 4.69) is 15.6 Å². The van der Waals surface area contributed by atoms with Crippen molar-refractivity contribution in [3.63, 3.8) is 0 Å². The highest BCUT2D eigenvalue weighted by atomic mass is 19.1. The molecule has 0 aliphatic heterocycles. The van der Waals surface area contributed by atoms with Gasteiger partial charge in [-0.25, -0.2) is 4.39 Å². The number of hydrogen-bond donors (Lipinski definition) is 2. The molecule has 2 rings (SSSR count). The third kappa shape index (κ3) is 5.03. The van der Waals surface area contributed by atoms with Gasteiger partial charge >= 0.3 is 0 Å². The lowest BCUT2D eigenvalue weighted by molar-refractivity contribution is 0.112. The van der Waals surface area contributed by atoms with Crippen LogP contribution < -0.4 is 10.6 Å². The fourth-order valence-electron chi connectivity index (χ4n) is 2.73. The zero-order valence-electron chi connectivity index (χ0n) is 16.5. The van der Waals surface area contributed by atoms with Crippen molar-refractivity contribution in [3.05, 3.63) is 64.6 Å². The van der Waals surface area contributed by atoms with Crippen LogP contribution in [0.5, 0.6) is 0 Å². The molecule has 2 aromatic carbocycles. The SMILES string of the molecule is CNc1ccc(/C(C)=C/N=C(C)CNc2ccc(C=O)c(C)c2)c(F)c1C. The van der Waals surface area contributed by atoms with E-state index < -0.39 is 0 Å². The minimum atomic E-state index is -0.229. The quantitative estimate of drug-likeness (QED) is 0.520. The van der Waals surface area contributed by atoms with E-state index in [1.54, 1.807) is 32.3 Å². The van der Waals surface area contributed by atoms with Crippen molar-refractivity contribution in [1.82, 2.24) is 0 Å². The fourth-order valence-corrected chi connectivity index (χ4v) is 2.73. The van der Waals surface area contributed by atoms with Crippen LogP contribution in [0.2, 0.25) is 0 Å². The van der Waals surface area contributed by atoms with Gasteiger partial charge in [0.15, 0.2) is 0 Å². The van der Waals surface area contributed by atoms with Gasteiger partial charge in [-0.2, -0.15) is 0 Å². The molecule has 0 aromatic heterocycles. The number of aliphatic imine (C=N–C) groups is 1. The van der Waals surface area contributed by atoms with Gasteiger partial charge in [0, 0.05) is 47.0 Å². The highest BCUT2D eigenvalue weighted by Gasteiger charge is 2.10. The Balaban J connectivity index is 2.08. The summed E-state index contributed by atoms with van der Waals surface area (Å²) < 4.78 is 14.5. The molecule has 0 saturated carbocycles. The zero-order valence-corrected chi connectivity index (χ0v) is 16.5. The predicted octanol–water partition coefficient (Wildman–Crippen LogP) is 5.23. The van der Waals surface area contributed by atoms with Crippen LogP contribution in [0, 0.1) is 19.7 Å². The van der Waals surface area contributed by atoms with E-state index in [1.807, 2.05) is 39.0 Å². The smallest absolute Gasteiger partial charge is 0.150 e. The van der Waals surface area contributed by atoms with Crippen LogP contribution in [0.3, 0.4) is 0 Å². The second-order valence-electron chi connectivity index (χ2n) is 6.57. The van der Waals surface area contributed by atoms with Crippen LogP contribution >= 0.6 is 0 Å². The van der Waals surface area contributed by atoms with Gasteiger partial charge in [0.05, 0.1) is 6.54 Å². The number of benzene rings is 2. The van der Waals surface area contributed by atoms with Crippen LogP contribution in [0.25, 0.3) is 5.57 Å². The Hall–Kier alpha value is -2.95. The van der Waals surface area contributed by atoms with Crippen molar-refractivity contribution >= 4 is 28.9 Å². The van der Waals surface area contributed by atoms with Crippen molar-refractivity contribution in [3.8, 4) is 0 Å². The first-order chi connectivity index (χ1) is 12.9. The Bertz CT molecular complexity index is 901. The second-order valence-corrected chi connectivity index (χ2v) is 6.57. The number of allylic oxidation sites excluding steroid dienone is 1. The lowest BCUT2D eigenvalue weighted by Crippen LogP contribution is -2.10. The Morgan fingerprint density at radius 1 is 1.19 bits per heavy atom. The largest absolute Gasteiger partial charge is 0.388 e. The van der Waals surface area contributed by atoms with Crippen LogP contribution in [0.4, 0.5) is 15.8 Å². The minimum Gasteiger partial charge on any atom is -0.388 e. The number of halogens is 1. The molecule has 0 aliphatic carbocycles. The molecular weight excluding hydrogens is 341 g/mol. The van der Waals surface area contributed by atoms with E-state index in [0.29, 0.717) is 23.2 Å². The number of carbonyl (C=O) groups excluding carboxylic acids is 1. The Morgan fingerprint density at radius 2 is 1.93 bits per heavy atom. The highest BCUT2D eigenvalue weighted by molar-refractivity contribution is 5.87. The van der Waals surface area contributed by atoms with E-state index >= 15 is 0 Å². The van der Waals surface area contributed by atoms with E-state index in [1.165, 1.54) is 0 Å². The Morgan fingerprint density at radius 3 is 2.56 bits per heavy atom. The molecular formula is C22H26FN3O. The van der Waals surface area contributed by atoms with Crippen molar-refractivity contribution in [1.29, 1.82) is 0 Å². The van der Waals surface area contributed by atoms with Gasteiger partial charge in [0.2, 0.25) is 0 Å². The van der Waals surface area contributed by atoms with Crippen LogP contribution in [-0.4, -0.2) is 25.6 Å². The summed E-state index contributed by atoms with van der Waals surface area (Å²) in [4.78, 5) is 15.3. The first-order valence-electron chi connectivity index (χ1n) is 8.84. The first-order valence-corrected chi connectivity index (χ1v) is 8.84. The van der Waals surface area contributed by atoms with Gasteiger partial charge in [-0.1, -0.05) is 0 Å². The van der Waals surface area contributed by atoms with E-state index in [9.17, 15) is 9.18 Å². The summed E-state index contributed by atoms with van der Waals surface area (Å²) in [5.74, 6) is -0.229. The van der Waals surface area contributed by atoms with Gasteiger partial charge in [-0.3, -0.25) is 9.79 Å². The molecule has 0 spiro atoms. The normalized spacial score (nSPS) is 12.1. The number of anilines is 2. The van der Waals surface area contributed by atoms with Crippen molar-refractivity contribution in [2.75, 3.05) is 24.2 Å². The summed E-state index contributed by atoms with van der Waals surface area (Å²) in [6.45, 7) is 7.98. The van der Waals surface area contributed by atoms with Gasteiger partial charge in [-0.05, 0) is 69.2 Å². The van der Waals surface area contributed by atoms with Gasteiger partial charge in [0.25, 0.3) is 0 Å². The number of rotatable bonds is 7. The van der Waals surface area contributed by atoms with E-state index in [-0.39, 0.29) is 5.82 Å². The number of nitrogens with one attached hydrogen (secondary N) is 2. The maximum absolute atomic E-state index is 14.5. The molecule has 2 N–H and O–H groups in total. The van der Waals surface area contributed by atoms with Crippen molar-refractivity contribution in [2.45, 2.75) is 27.7 Å². The molecule has 0 fully saturated rings. The molecule has 4 nitrogen and oxygen atoms in total. The lowest BCUT2D eigenvalue weighted by Gasteiger charge is -2.11. The standard InChI is InChI=1S/C22H26FN3O/c1-14-10-19(7-6-18(14)13-27)26-12-16(3)25-11-15(2)20-8-9-21(24-5)17(4)22(20)23/h6-11,13,24,26H,12H2,1-5H3/b15-11+,25-16?. The molecule has 0 atom stereocenters. The number of hydrogen-bond acceptors (Lipinski definition) is 4. The molecule has 0 amide bonds. The molecule has 142 valence electrons. The number of aryl methyl sites for hydroxylation is 1. The summed E-state index contributed by atoms with van der Waals surface area (Å²) in [7, 11) is 1.78. The molecule has 27 heavy (non-hydrogen) atoms. The number of nitrogens with zero attached hydrogens (tertiary/aromatic N) is 1. The fraction of sp³-hybridized carbons (Fsp3) is 0.273. The molecule has 0 radical (unpaired) electrons. The van der Waals surface area contributed by atoms with Gasteiger partial charge < -0.3 is 10.6 Å². The average molecular weight is 367 g/mol. The van der Waals surface area contributed by atoms with E-state index in [0.717, 1.165) is 34.5 Å². The molecule has 0 saturated heterocycles. The van der Waals surface area contributed by atoms with Crippen molar-refractivity contribution < 1.29 is 9.18 Å². The molecule has 5 heteroatoms. The molecule has 2 aromatic rings. The summed E-state index contributed by atoms with van der Waals surface area (Å²) in [5.41, 5.74) is 6.11. The van der Waals surface area contributed by atoms with Crippen LogP contribution in [0.15, 0.2) is 41.5 Å². The maximum Gasteiger partial charge on any atom is 0.150 e. The molecule has 0 bridgehead atoms. The van der Waals surface area contributed by atoms with E-state index in [4.69, 9.17) is 0 Å². The Labute approximate surface area is 160 Å². The third-order valence-electron chi connectivity index (χ3n) is 4.50. The van der Waals surface area contributed by atoms with Crippen LogP contribution in [-0.2, 0) is 0 Å². The predicted molar refractivity (Wildman–Crippen MR) is 112 cm³/mol. The topological polar surface area (TPSA) is 53.5 Å². The first kappa shape index (κ1) is 20.4. The summed E-state index contributed by atoms with van der Waals surface area (Å²) in [6.07, 6.45) is 2.54. The monoisotopic (exact) mass is 367 g/mol.